The highest BCUT2D eigenvalue weighted by Crippen LogP contribution is 2.24. The van der Waals surface area contributed by atoms with Crippen molar-refractivity contribution >= 4 is 39.0 Å². The third-order valence-electron chi connectivity index (χ3n) is 1.93. The number of aromatic hydroxyl groups is 1. The number of halogens is 1. The summed E-state index contributed by atoms with van der Waals surface area (Å²) in [5, 5.41) is 9.44. The van der Waals surface area contributed by atoms with Crippen molar-refractivity contribution in [1.82, 2.24) is 4.90 Å². The maximum Gasteiger partial charge on any atom is 0.254 e. The van der Waals surface area contributed by atoms with Gasteiger partial charge in [-0.1, -0.05) is 12.2 Å². The molecule has 3 N–H and O–H groups in total. The Hall–Kier alpha value is -1.14. The Morgan fingerprint density at radius 3 is 2.75 bits per heavy atom. The van der Waals surface area contributed by atoms with Gasteiger partial charge in [-0.25, -0.2) is 0 Å². The first-order valence-electron chi connectivity index (χ1n) is 4.44. The second kappa shape index (κ2) is 5.27. The van der Waals surface area contributed by atoms with Crippen LogP contribution in [-0.2, 0) is 0 Å². The van der Waals surface area contributed by atoms with E-state index < -0.39 is 0 Å². The fraction of sp³-hybridized carbons (Fsp3) is 0.200. The van der Waals surface area contributed by atoms with Crippen LogP contribution < -0.4 is 5.73 Å². The molecule has 1 aromatic carbocycles. The maximum absolute atomic E-state index is 11.8. The summed E-state index contributed by atoms with van der Waals surface area (Å²) in [4.78, 5) is 13.5. The zero-order valence-electron chi connectivity index (χ0n) is 8.61. The molecule has 1 aromatic rings. The number of phenols is 1. The summed E-state index contributed by atoms with van der Waals surface area (Å²) in [6, 6.07) is 4.61. The molecule has 1 rings (SSSR count). The Labute approximate surface area is 107 Å². The van der Waals surface area contributed by atoms with Crippen LogP contribution in [0.1, 0.15) is 10.4 Å². The molecule has 0 spiro atoms. The minimum Gasteiger partial charge on any atom is -0.507 e. The molecule has 86 valence electrons. The van der Waals surface area contributed by atoms with Crippen LogP contribution in [0.25, 0.3) is 0 Å². The highest BCUT2D eigenvalue weighted by atomic mass is 79.9. The lowest BCUT2D eigenvalue weighted by Crippen LogP contribution is -2.34. The predicted molar refractivity (Wildman–Crippen MR) is 69.6 cm³/mol. The summed E-state index contributed by atoms with van der Waals surface area (Å²) < 4.78 is 0.543. The minimum absolute atomic E-state index is 0.0228. The molecule has 0 fully saturated rings. The summed E-state index contributed by atoms with van der Waals surface area (Å²) in [5.74, 6) is -0.217. The molecule has 4 nitrogen and oxygen atoms in total. The number of nitrogens with two attached hydrogens (primary N) is 1. The molecule has 0 atom stereocenters. The highest BCUT2D eigenvalue weighted by molar-refractivity contribution is 9.10. The number of likely N-dealkylation sites (N-methyl/N-ethyl adjacent to an activating group) is 1. The van der Waals surface area contributed by atoms with E-state index in [0.29, 0.717) is 10.0 Å². The first-order valence-corrected chi connectivity index (χ1v) is 5.64. The smallest absolute Gasteiger partial charge is 0.254 e. The van der Waals surface area contributed by atoms with Crippen molar-refractivity contribution < 1.29 is 9.90 Å². The lowest BCUT2D eigenvalue weighted by Gasteiger charge is -2.16. The maximum atomic E-state index is 11.8. The van der Waals surface area contributed by atoms with Gasteiger partial charge >= 0.3 is 0 Å². The van der Waals surface area contributed by atoms with Gasteiger partial charge in [0.25, 0.3) is 5.91 Å². The molecule has 0 aliphatic heterocycles. The molecular weight excluding hydrogens is 292 g/mol. The first kappa shape index (κ1) is 12.9. The summed E-state index contributed by atoms with van der Waals surface area (Å²) in [6.45, 7) is 0.213. The molecule has 0 saturated carbocycles. The number of carbonyl (C=O) groups is 1. The molecule has 0 aliphatic rings. The summed E-state index contributed by atoms with van der Waals surface area (Å²) in [6.07, 6.45) is 0. The van der Waals surface area contributed by atoms with Crippen molar-refractivity contribution in [2.75, 3.05) is 13.6 Å². The predicted octanol–water partition coefficient (Wildman–Crippen LogP) is 1.51. The summed E-state index contributed by atoms with van der Waals surface area (Å²) >= 11 is 7.85. The summed E-state index contributed by atoms with van der Waals surface area (Å²) in [5.41, 5.74) is 5.73. The highest BCUT2D eigenvalue weighted by Gasteiger charge is 2.13. The van der Waals surface area contributed by atoms with Crippen LogP contribution in [0.4, 0.5) is 0 Å². The fourth-order valence-electron chi connectivity index (χ4n) is 1.17. The number of benzene rings is 1. The van der Waals surface area contributed by atoms with Gasteiger partial charge in [-0.2, -0.15) is 0 Å². The van der Waals surface area contributed by atoms with Gasteiger partial charge in [-0.05, 0) is 34.1 Å². The van der Waals surface area contributed by atoms with Gasteiger partial charge in [0.2, 0.25) is 0 Å². The first-order chi connectivity index (χ1) is 7.41. The number of rotatable bonds is 3. The molecule has 0 aliphatic carbocycles. The Morgan fingerprint density at radius 1 is 1.62 bits per heavy atom. The van der Waals surface area contributed by atoms with Crippen molar-refractivity contribution in [2.24, 2.45) is 5.73 Å². The molecule has 0 heterocycles. The van der Waals surface area contributed by atoms with Crippen LogP contribution in [0, 0.1) is 0 Å². The van der Waals surface area contributed by atoms with Crippen molar-refractivity contribution in [1.29, 1.82) is 0 Å². The van der Waals surface area contributed by atoms with Crippen LogP contribution in [0.15, 0.2) is 22.7 Å². The molecule has 1 amide bonds. The van der Waals surface area contributed by atoms with Gasteiger partial charge < -0.3 is 15.7 Å². The SMILES string of the molecule is CN(CC(N)=S)C(=O)c1ccc(Br)c(O)c1. The second-order valence-corrected chi connectivity index (χ2v) is 4.67. The van der Waals surface area contributed by atoms with Gasteiger partial charge in [-0.3, -0.25) is 4.79 Å². The van der Waals surface area contributed by atoms with Gasteiger partial charge in [0.1, 0.15) is 5.75 Å². The van der Waals surface area contributed by atoms with E-state index in [1.165, 1.54) is 11.0 Å². The molecular formula is C10H11BrN2O2S. The Kier molecular flexibility index (Phi) is 4.26. The van der Waals surface area contributed by atoms with E-state index in [9.17, 15) is 9.90 Å². The van der Waals surface area contributed by atoms with E-state index >= 15 is 0 Å². The minimum atomic E-state index is -0.240. The third-order valence-corrected chi connectivity index (χ3v) is 2.73. The number of nitrogens with zero attached hydrogens (tertiary/aromatic N) is 1. The van der Waals surface area contributed by atoms with E-state index in [0.717, 1.165) is 0 Å². The third kappa shape index (κ3) is 3.18. The average Bonchev–Trinajstić information content (AvgIpc) is 2.20. The molecule has 0 unspecified atom stereocenters. The van der Waals surface area contributed by atoms with Crippen molar-refractivity contribution in [3.05, 3.63) is 28.2 Å². The number of amides is 1. The quantitative estimate of drug-likeness (QED) is 0.831. The number of hydrogen-bond donors (Lipinski definition) is 2. The summed E-state index contributed by atoms with van der Waals surface area (Å²) in [7, 11) is 1.60. The molecule has 0 saturated heterocycles. The zero-order valence-corrected chi connectivity index (χ0v) is 11.0. The Balaban J connectivity index is 2.88. The zero-order chi connectivity index (χ0) is 12.3. The fourth-order valence-corrected chi connectivity index (χ4v) is 1.61. The number of thiocarbonyl (C=S) groups is 1. The van der Waals surface area contributed by atoms with Gasteiger partial charge in [0.05, 0.1) is 16.0 Å². The molecule has 0 bridgehead atoms. The van der Waals surface area contributed by atoms with E-state index in [-0.39, 0.29) is 23.2 Å². The number of carbonyl (C=O) groups excluding carboxylic acids is 1. The Morgan fingerprint density at radius 2 is 2.25 bits per heavy atom. The van der Waals surface area contributed by atoms with Crippen LogP contribution >= 0.6 is 28.1 Å². The molecule has 16 heavy (non-hydrogen) atoms. The van der Waals surface area contributed by atoms with E-state index in [2.05, 4.69) is 15.9 Å². The average molecular weight is 303 g/mol. The standard InChI is InChI=1S/C10H11BrN2O2S/c1-13(5-9(12)16)10(15)6-2-3-7(11)8(14)4-6/h2-4,14H,5H2,1H3,(H2,12,16). The van der Waals surface area contributed by atoms with Crippen LogP contribution in [0.2, 0.25) is 0 Å². The van der Waals surface area contributed by atoms with Gasteiger partial charge in [0.15, 0.2) is 0 Å². The van der Waals surface area contributed by atoms with Crippen molar-refractivity contribution in [2.45, 2.75) is 0 Å². The van der Waals surface area contributed by atoms with E-state index in [4.69, 9.17) is 18.0 Å². The monoisotopic (exact) mass is 302 g/mol. The Bertz CT molecular complexity index is 437. The normalized spacial score (nSPS) is 9.88. The lowest BCUT2D eigenvalue weighted by atomic mass is 10.2. The van der Waals surface area contributed by atoms with Crippen LogP contribution in [-0.4, -0.2) is 34.5 Å². The van der Waals surface area contributed by atoms with E-state index in [1.54, 1.807) is 19.2 Å². The lowest BCUT2D eigenvalue weighted by molar-refractivity contribution is 0.0814. The van der Waals surface area contributed by atoms with Crippen LogP contribution in [0.5, 0.6) is 5.75 Å². The van der Waals surface area contributed by atoms with Gasteiger partial charge in [0, 0.05) is 12.6 Å². The van der Waals surface area contributed by atoms with Crippen molar-refractivity contribution in [3.8, 4) is 5.75 Å². The molecule has 0 aromatic heterocycles. The number of hydrogen-bond acceptors (Lipinski definition) is 3. The van der Waals surface area contributed by atoms with Crippen LogP contribution in [0.3, 0.4) is 0 Å². The molecule has 6 heteroatoms. The second-order valence-electron chi connectivity index (χ2n) is 3.29. The van der Waals surface area contributed by atoms with Crippen molar-refractivity contribution in [3.63, 3.8) is 0 Å². The largest absolute Gasteiger partial charge is 0.507 e. The number of phenolic OH excluding ortho intramolecular Hbond substituents is 1. The van der Waals surface area contributed by atoms with Gasteiger partial charge in [-0.15, -0.1) is 0 Å². The van der Waals surface area contributed by atoms with E-state index in [1.807, 2.05) is 0 Å². The topological polar surface area (TPSA) is 66.6 Å². The molecule has 0 radical (unpaired) electrons.